The third-order valence-corrected chi connectivity index (χ3v) is 6.59. The maximum Gasteiger partial charge on any atom is 0.220 e. The Balaban J connectivity index is 1.35. The minimum absolute atomic E-state index is 0.0674. The number of ether oxygens (including phenoxy) is 2. The molecule has 0 aromatic rings. The van der Waals surface area contributed by atoms with E-state index in [9.17, 15) is 4.79 Å². The lowest BCUT2D eigenvalue weighted by Gasteiger charge is -2.34. The average Bonchev–Trinajstić information content (AvgIpc) is 3.29. The fourth-order valence-corrected chi connectivity index (χ4v) is 5.35. The van der Waals surface area contributed by atoms with Crippen LogP contribution in [0.25, 0.3) is 0 Å². The molecule has 24 heavy (non-hydrogen) atoms. The van der Waals surface area contributed by atoms with Gasteiger partial charge < -0.3 is 14.8 Å². The first-order chi connectivity index (χ1) is 11.6. The Bertz CT molecular complexity index is 421. The number of fused-ring (bicyclic) bond motifs is 2. The molecule has 0 aromatic carbocycles. The van der Waals surface area contributed by atoms with Crippen molar-refractivity contribution in [1.29, 1.82) is 0 Å². The topological polar surface area (TPSA) is 47.6 Å². The summed E-state index contributed by atoms with van der Waals surface area (Å²) < 4.78 is 11.5. The molecule has 1 saturated heterocycles. The van der Waals surface area contributed by atoms with Gasteiger partial charge in [-0.15, -0.1) is 0 Å². The van der Waals surface area contributed by atoms with Gasteiger partial charge in [0, 0.05) is 18.4 Å². The molecule has 0 unspecified atom stereocenters. The van der Waals surface area contributed by atoms with Gasteiger partial charge in [-0.25, -0.2) is 0 Å². The third kappa shape index (κ3) is 4.32. The summed E-state index contributed by atoms with van der Waals surface area (Å²) in [6.45, 7) is 6.69. The summed E-state index contributed by atoms with van der Waals surface area (Å²) in [6, 6.07) is 0. The van der Waals surface area contributed by atoms with Crippen molar-refractivity contribution in [3.05, 3.63) is 0 Å². The highest BCUT2D eigenvalue weighted by molar-refractivity contribution is 5.76. The summed E-state index contributed by atoms with van der Waals surface area (Å²) >= 11 is 0. The zero-order valence-electron chi connectivity index (χ0n) is 15.5. The molecule has 4 nitrogen and oxygen atoms in total. The van der Waals surface area contributed by atoms with Gasteiger partial charge in [-0.2, -0.15) is 0 Å². The van der Waals surface area contributed by atoms with Crippen LogP contribution in [0.4, 0.5) is 0 Å². The van der Waals surface area contributed by atoms with Crippen LogP contribution in [0.1, 0.15) is 71.6 Å². The van der Waals surface area contributed by atoms with Crippen molar-refractivity contribution in [1.82, 2.24) is 5.32 Å². The van der Waals surface area contributed by atoms with Crippen LogP contribution in [0.3, 0.4) is 0 Å². The van der Waals surface area contributed by atoms with E-state index in [1.54, 1.807) is 0 Å². The van der Waals surface area contributed by atoms with Gasteiger partial charge in [-0.05, 0) is 56.3 Å². The highest BCUT2D eigenvalue weighted by Gasteiger charge is 2.40. The average molecular weight is 338 g/mol. The molecule has 3 rings (SSSR count). The second kappa shape index (κ2) is 8.18. The van der Waals surface area contributed by atoms with Crippen molar-refractivity contribution < 1.29 is 14.3 Å². The molecule has 2 aliphatic carbocycles. The van der Waals surface area contributed by atoms with Gasteiger partial charge >= 0.3 is 0 Å². The lowest BCUT2D eigenvalue weighted by Crippen LogP contribution is -2.35. The van der Waals surface area contributed by atoms with Gasteiger partial charge in [0.1, 0.15) is 0 Å². The molecule has 1 amide bonds. The molecule has 3 fully saturated rings. The van der Waals surface area contributed by atoms with Crippen LogP contribution in [-0.4, -0.2) is 32.0 Å². The maximum absolute atomic E-state index is 12.2. The summed E-state index contributed by atoms with van der Waals surface area (Å²) in [5.74, 6) is 2.69. The highest BCUT2D eigenvalue weighted by atomic mass is 16.7. The Kier molecular flexibility index (Phi) is 6.20. The number of carbonyl (C=O) groups is 1. The summed E-state index contributed by atoms with van der Waals surface area (Å²) in [7, 11) is 0. The largest absolute Gasteiger partial charge is 0.356 e. The van der Waals surface area contributed by atoms with Crippen molar-refractivity contribution in [2.75, 3.05) is 19.8 Å². The molecule has 138 valence electrons. The predicted octanol–water partition coefficient (Wildman–Crippen LogP) is 3.89. The van der Waals surface area contributed by atoms with Gasteiger partial charge in [0.05, 0.1) is 13.2 Å². The van der Waals surface area contributed by atoms with Crippen molar-refractivity contribution in [3.8, 4) is 0 Å². The number of carbonyl (C=O) groups excluding carboxylic acids is 1. The lowest BCUT2D eigenvalue weighted by molar-refractivity contribution is -0.133. The monoisotopic (exact) mass is 337 g/mol. The van der Waals surface area contributed by atoms with Crippen molar-refractivity contribution >= 4 is 5.91 Å². The fraction of sp³-hybridized carbons (Fsp3) is 0.950. The van der Waals surface area contributed by atoms with Crippen LogP contribution in [0, 0.1) is 23.2 Å². The van der Waals surface area contributed by atoms with E-state index in [1.165, 1.54) is 25.7 Å². The minimum Gasteiger partial charge on any atom is -0.356 e. The van der Waals surface area contributed by atoms with Gasteiger partial charge in [-0.3, -0.25) is 4.79 Å². The Morgan fingerprint density at radius 3 is 2.58 bits per heavy atom. The van der Waals surface area contributed by atoms with E-state index in [2.05, 4.69) is 19.2 Å². The van der Waals surface area contributed by atoms with Gasteiger partial charge in [0.25, 0.3) is 0 Å². The Morgan fingerprint density at radius 2 is 1.96 bits per heavy atom. The second-order valence-corrected chi connectivity index (χ2v) is 8.57. The van der Waals surface area contributed by atoms with Crippen LogP contribution in [0.15, 0.2) is 0 Å². The molecule has 2 bridgehead atoms. The molecular formula is C20H35NO3. The molecule has 0 spiro atoms. The SMILES string of the molecule is CCC[C@](C)(CCCNC(=O)C[C@H]1C[C@H]2CC[C@H]1C2)C1OCCO1. The van der Waals surface area contributed by atoms with E-state index in [-0.39, 0.29) is 17.6 Å². The molecule has 1 N–H and O–H groups in total. The van der Waals surface area contributed by atoms with Crippen LogP contribution >= 0.6 is 0 Å². The molecule has 0 radical (unpaired) electrons. The van der Waals surface area contributed by atoms with Gasteiger partial charge in [-0.1, -0.05) is 26.7 Å². The Morgan fingerprint density at radius 1 is 1.17 bits per heavy atom. The number of hydrogen-bond acceptors (Lipinski definition) is 3. The zero-order chi connectivity index (χ0) is 17.0. The fourth-order valence-electron chi connectivity index (χ4n) is 5.35. The maximum atomic E-state index is 12.2. The number of hydrogen-bond donors (Lipinski definition) is 1. The molecular weight excluding hydrogens is 302 g/mol. The van der Waals surface area contributed by atoms with Crippen LogP contribution in [0.5, 0.6) is 0 Å². The smallest absolute Gasteiger partial charge is 0.220 e. The van der Waals surface area contributed by atoms with Crippen LogP contribution in [-0.2, 0) is 14.3 Å². The van der Waals surface area contributed by atoms with Gasteiger partial charge in [0.2, 0.25) is 5.91 Å². The zero-order valence-corrected chi connectivity index (χ0v) is 15.5. The van der Waals surface area contributed by atoms with Crippen LogP contribution < -0.4 is 5.32 Å². The second-order valence-electron chi connectivity index (χ2n) is 8.57. The van der Waals surface area contributed by atoms with Crippen molar-refractivity contribution in [2.24, 2.45) is 23.2 Å². The first-order valence-corrected chi connectivity index (χ1v) is 10.1. The summed E-state index contributed by atoms with van der Waals surface area (Å²) in [4.78, 5) is 12.2. The lowest BCUT2D eigenvalue weighted by atomic mass is 9.80. The summed E-state index contributed by atoms with van der Waals surface area (Å²) in [5, 5.41) is 3.15. The number of amides is 1. The third-order valence-electron chi connectivity index (χ3n) is 6.59. The van der Waals surface area contributed by atoms with E-state index < -0.39 is 0 Å². The standard InChI is InChI=1S/C20H35NO3/c1-3-7-20(2,19-23-10-11-24-19)8-4-9-21-18(22)14-17-13-15-5-6-16(17)12-15/h15-17,19H,3-14H2,1-2H3,(H,21,22)/t15-,16-,17+,20+/m0/s1. The molecule has 4 atom stereocenters. The van der Waals surface area contributed by atoms with Crippen molar-refractivity contribution in [3.63, 3.8) is 0 Å². The van der Waals surface area contributed by atoms with Gasteiger partial charge in [0.15, 0.2) is 6.29 Å². The first-order valence-electron chi connectivity index (χ1n) is 10.1. The van der Waals surface area contributed by atoms with E-state index in [0.717, 1.165) is 50.5 Å². The molecule has 2 saturated carbocycles. The Labute approximate surface area is 147 Å². The van der Waals surface area contributed by atoms with E-state index in [0.29, 0.717) is 19.1 Å². The molecule has 1 aliphatic heterocycles. The molecule has 4 heteroatoms. The highest BCUT2D eigenvalue weighted by Crippen LogP contribution is 2.49. The normalized spacial score (nSPS) is 32.2. The molecule has 1 heterocycles. The molecule has 3 aliphatic rings. The number of rotatable bonds is 9. The van der Waals surface area contributed by atoms with E-state index >= 15 is 0 Å². The predicted molar refractivity (Wildman–Crippen MR) is 94.5 cm³/mol. The van der Waals surface area contributed by atoms with E-state index in [4.69, 9.17) is 9.47 Å². The van der Waals surface area contributed by atoms with Crippen LogP contribution in [0.2, 0.25) is 0 Å². The summed E-state index contributed by atoms with van der Waals surface area (Å²) in [5.41, 5.74) is 0.0700. The Hall–Kier alpha value is -0.610. The molecule has 0 aromatic heterocycles. The first kappa shape index (κ1) is 18.2. The summed E-state index contributed by atoms with van der Waals surface area (Å²) in [6.07, 6.45) is 10.4. The minimum atomic E-state index is -0.0674. The van der Waals surface area contributed by atoms with E-state index in [1.807, 2.05) is 0 Å². The number of nitrogens with one attached hydrogen (secondary N) is 1. The van der Waals surface area contributed by atoms with Crippen molar-refractivity contribution in [2.45, 2.75) is 77.9 Å². The quantitative estimate of drug-likeness (QED) is 0.649.